The van der Waals surface area contributed by atoms with Crippen LogP contribution in [-0.2, 0) is 11.2 Å². The summed E-state index contributed by atoms with van der Waals surface area (Å²) in [6.07, 6.45) is 0.790. The maximum Gasteiger partial charge on any atom is 0.258 e. The first-order valence-corrected chi connectivity index (χ1v) is 7.50. The van der Waals surface area contributed by atoms with E-state index in [0.29, 0.717) is 0 Å². The molecule has 1 amide bonds. The summed E-state index contributed by atoms with van der Waals surface area (Å²) in [5.41, 5.74) is 2.05. The van der Waals surface area contributed by atoms with E-state index in [1.54, 1.807) is 0 Å². The molecule has 1 N–H and O–H groups in total. The van der Waals surface area contributed by atoms with Crippen LogP contribution < -0.4 is 10.1 Å². The zero-order valence-corrected chi connectivity index (χ0v) is 13.4. The molecule has 3 nitrogen and oxygen atoms in total. The number of ether oxygens (including phenoxy) is 1. The number of amides is 1. The van der Waals surface area contributed by atoms with Crippen LogP contribution in [0.15, 0.2) is 54.6 Å². The minimum atomic E-state index is -0.246. The summed E-state index contributed by atoms with van der Waals surface area (Å²) in [7, 11) is 0. The number of para-hydroxylation sites is 1. The third kappa shape index (κ3) is 5.24. The van der Waals surface area contributed by atoms with Crippen molar-refractivity contribution in [2.45, 2.75) is 32.7 Å². The normalized spacial score (nSPS) is 11.0. The van der Waals surface area contributed by atoms with Crippen LogP contribution in [0.1, 0.15) is 31.9 Å². The second-order valence-corrected chi connectivity index (χ2v) is 6.36. The highest BCUT2D eigenvalue weighted by molar-refractivity contribution is 5.78. The predicted octanol–water partition coefficient (Wildman–Crippen LogP) is 3.57. The van der Waals surface area contributed by atoms with Crippen molar-refractivity contribution >= 4 is 5.91 Å². The Morgan fingerprint density at radius 1 is 1.00 bits per heavy atom. The molecule has 0 saturated heterocycles. The van der Waals surface area contributed by atoms with Gasteiger partial charge in [-0.1, -0.05) is 48.5 Å². The highest BCUT2D eigenvalue weighted by Crippen LogP contribution is 2.21. The molecular weight excluding hydrogens is 274 g/mol. The molecule has 2 rings (SSSR count). The van der Waals surface area contributed by atoms with Gasteiger partial charge in [0.05, 0.1) is 0 Å². The summed E-state index contributed by atoms with van der Waals surface area (Å²) >= 11 is 0. The Labute approximate surface area is 132 Å². The van der Waals surface area contributed by atoms with E-state index in [9.17, 15) is 4.79 Å². The molecule has 0 unspecified atom stereocenters. The first-order valence-electron chi connectivity index (χ1n) is 7.50. The average Bonchev–Trinajstić information content (AvgIpc) is 2.46. The molecule has 0 atom stereocenters. The van der Waals surface area contributed by atoms with E-state index in [1.807, 2.05) is 63.2 Å². The van der Waals surface area contributed by atoms with Gasteiger partial charge in [0.25, 0.3) is 5.91 Å². The van der Waals surface area contributed by atoms with Crippen LogP contribution in [-0.4, -0.2) is 18.1 Å². The molecule has 3 heteroatoms. The molecule has 0 radical (unpaired) electrons. The van der Waals surface area contributed by atoms with Crippen LogP contribution in [0.5, 0.6) is 5.75 Å². The number of nitrogens with one attached hydrogen (secondary N) is 1. The van der Waals surface area contributed by atoms with Gasteiger partial charge in [0.2, 0.25) is 0 Å². The minimum absolute atomic E-state index is 0.0308. The standard InChI is InChI=1S/C19H23NO2/c1-19(2,3)20-18(21)14-22-17-12-8-7-11-16(17)13-15-9-5-4-6-10-15/h4-12H,13-14H2,1-3H3,(H,20,21). The molecule has 0 bridgehead atoms. The number of hydrogen-bond donors (Lipinski definition) is 1. The summed E-state index contributed by atoms with van der Waals surface area (Å²) in [6.45, 7) is 5.89. The summed E-state index contributed by atoms with van der Waals surface area (Å²) in [5, 5.41) is 2.89. The van der Waals surface area contributed by atoms with Crippen LogP contribution in [0, 0.1) is 0 Å². The van der Waals surface area contributed by atoms with Crippen molar-refractivity contribution in [2.75, 3.05) is 6.61 Å². The van der Waals surface area contributed by atoms with E-state index < -0.39 is 0 Å². The third-order valence-electron chi connectivity index (χ3n) is 3.08. The number of hydrogen-bond acceptors (Lipinski definition) is 2. The van der Waals surface area contributed by atoms with Crippen LogP contribution >= 0.6 is 0 Å². The minimum Gasteiger partial charge on any atom is -0.483 e. The number of carbonyl (C=O) groups excluding carboxylic acids is 1. The fourth-order valence-electron chi connectivity index (χ4n) is 2.20. The Balaban J connectivity index is 2.01. The van der Waals surface area contributed by atoms with E-state index in [1.165, 1.54) is 5.56 Å². The third-order valence-corrected chi connectivity index (χ3v) is 3.08. The molecule has 116 valence electrons. The van der Waals surface area contributed by atoms with E-state index in [4.69, 9.17) is 4.74 Å². The average molecular weight is 297 g/mol. The molecular formula is C19H23NO2. The SMILES string of the molecule is CC(C)(C)NC(=O)COc1ccccc1Cc1ccccc1. The smallest absolute Gasteiger partial charge is 0.258 e. The molecule has 0 spiro atoms. The van der Waals surface area contributed by atoms with Gasteiger partial charge in [-0.05, 0) is 38.0 Å². The van der Waals surface area contributed by atoms with Gasteiger partial charge >= 0.3 is 0 Å². The molecule has 0 heterocycles. The number of rotatable bonds is 5. The number of benzene rings is 2. The lowest BCUT2D eigenvalue weighted by atomic mass is 10.0. The van der Waals surface area contributed by atoms with Gasteiger partial charge in [-0.2, -0.15) is 0 Å². The summed E-state index contributed by atoms with van der Waals surface area (Å²) in [4.78, 5) is 11.9. The second-order valence-electron chi connectivity index (χ2n) is 6.36. The van der Waals surface area contributed by atoms with Crippen molar-refractivity contribution < 1.29 is 9.53 Å². The van der Waals surface area contributed by atoms with E-state index >= 15 is 0 Å². The lowest BCUT2D eigenvalue weighted by Gasteiger charge is -2.20. The summed E-state index contributed by atoms with van der Waals surface area (Å²) in [6, 6.07) is 18.1. The lowest BCUT2D eigenvalue weighted by molar-refractivity contribution is -0.124. The molecule has 0 aliphatic rings. The first-order chi connectivity index (χ1) is 10.4. The molecule has 2 aromatic carbocycles. The topological polar surface area (TPSA) is 38.3 Å². The van der Waals surface area contributed by atoms with Crippen LogP contribution in [0.3, 0.4) is 0 Å². The van der Waals surface area contributed by atoms with Crippen molar-refractivity contribution in [3.63, 3.8) is 0 Å². The summed E-state index contributed by atoms with van der Waals surface area (Å²) < 4.78 is 5.70. The van der Waals surface area contributed by atoms with Gasteiger partial charge in [0.15, 0.2) is 6.61 Å². The van der Waals surface area contributed by atoms with Gasteiger partial charge < -0.3 is 10.1 Å². The van der Waals surface area contributed by atoms with Crippen molar-refractivity contribution in [1.29, 1.82) is 0 Å². The Morgan fingerprint density at radius 2 is 1.64 bits per heavy atom. The van der Waals surface area contributed by atoms with E-state index in [-0.39, 0.29) is 18.1 Å². The van der Waals surface area contributed by atoms with Gasteiger partial charge in [-0.25, -0.2) is 0 Å². The molecule has 0 aromatic heterocycles. The summed E-state index contributed by atoms with van der Waals surface area (Å²) in [5.74, 6) is 0.650. The fraction of sp³-hybridized carbons (Fsp3) is 0.316. The van der Waals surface area contributed by atoms with Crippen molar-refractivity contribution in [2.24, 2.45) is 0 Å². The van der Waals surface area contributed by atoms with Crippen LogP contribution in [0.4, 0.5) is 0 Å². The second kappa shape index (κ2) is 7.12. The molecule has 2 aromatic rings. The number of carbonyl (C=O) groups is 1. The molecule has 0 saturated carbocycles. The van der Waals surface area contributed by atoms with Crippen LogP contribution in [0.25, 0.3) is 0 Å². The van der Waals surface area contributed by atoms with Gasteiger partial charge in [0, 0.05) is 12.0 Å². The maximum absolute atomic E-state index is 11.9. The zero-order valence-electron chi connectivity index (χ0n) is 13.4. The predicted molar refractivity (Wildman–Crippen MR) is 89.1 cm³/mol. The molecule has 22 heavy (non-hydrogen) atoms. The van der Waals surface area contributed by atoms with Crippen molar-refractivity contribution in [3.8, 4) is 5.75 Å². The van der Waals surface area contributed by atoms with Crippen molar-refractivity contribution in [1.82, 2.24) is 5.32 Å². The largest absolute Gasteiger partial charge is 0.483 e. The maximum atomic E-state index is 11.9. The molecule has 0 aliphatic heterocycles. The van der Waals surface area contributed by atoms with Gasteiger partial charge in [-0.3, -0.25) is 4.79 Å². The highest BCUT2D eigenvalue weighted by atomic mass is 16.5. The van der Waals surface area contributed by atoms with Crippen molar-refractivity contribution in [3.05, 3.63) is 65.7 Å². The zero-order chi connectivity index (χ0) is 16.0. The quantitative estimate of drug-likeness (QED) is 0.916. The highest BCUT2D eigenvalue weighted by Gasteiger charge is 2.14. The lowest BCUT2D eigenvalue weighted by Crippen LogP contribution is -2.43. The van der Waals surface area contributed by atoms with Gasteiger partial charge in [0.1, 0.15) is 5.75 Å². The van der Waals surface area contributed by atoms with E-state index in [0.717, 1.165) is 17.7 Å². The van der Waals surface area contributed by atoms with Gasteiger partial charge in [-0.15, -0.1) is 0 Å². The van der Waals surface area contributed by atoms with E-state index in [2.05, 4.69) is 17.4 Å². The monoisotopic (exact) mass is 297 g/mol. The first kappa shape index (κ1) is 16.1. The Bertz CT molecular complexity index is 615. The Morgan fingerprint density at radius 3 is 2.32 bits per heavy atom. The molecule has 0 fully saturated rings. The molecule has 0 aliphatic carbocycles. The Kier molecular flexibility index (Phi) is 5.21. The Hall–Kier alpha value is -2.29. The fourth-order valence-corrected chi connectivity index (χ4v) is 2.20. The van der Waals surface area contributed by atoms with Crippen LogP contribution in [0.2, 0.25) is 0 Å².